The highest BCUT2D eigenvalue weighted by molar-refractivity contribution is 8.76. The highest BCUT2D eigenvalue weighted by Gasteiger charge is 2.16. The van der Waals surface area contributed by atoms with Crippen molar-refractivity contribution in [3.63, 3.8) is 0 Å². The number of para-hydroxylation sites is 2. The lowest BCUT2D eigenvalue weighted by Crippen LogP contribution is -2.43. The topological polar surface area (TPSA) is 170 Å². The number of nitrogens with one attached hydrogen (secondary N) is 3. The molecule has 0 atom stereocenters. The summed E-state index contributed by atoms with van der Waals surface area (Å²) in [5.74, 6) is 1.21. The lowest BCUT2D eigenvalue weighted by atomic mass is 10.1. The van der Waals surface area contributed by atoms with Gasteiger partial charge in [-0.1, -0.05) is 64.6 Å². The van der Waals surface area contributed by atoms with Gasteiger partial charge in [-0.05, 0) is 80.6 Å². The van der Waals surface area contributed by atoms with Crippen molar-refractivity contribution in [1.29, 1.82) is 0 Å². The third kappa shape index (κ3) is 15.1. The van der Waals surface area contributed by atoms with Crippen LogP contribution in [0.1, 0.15) is 19.4 Å². The molecule has 0 fully saturated rings. The maximum Gasteiger partial charge on any atom is 0.286 e. The molecule has 1 heterocycles. The van der Waals surface area contributed by atoms with Gasteiger partial charge < -0.3 is 36.0 Å². The fourth-order valence-electron chi connectivity index (χ4n) is 6.54. The van der Waals surface area contributed by atoms with E-state index in [1.54, 1.807) is 33.7 Å². The van der Waals surface area contributed by atoms with Crippen molar-refractivity contribution in [3.05, 3.63) is 134 Å². The van der Waals surface area contributed by atoms with E-state index in [2.05, 4.69) is 59.7 Å². The molecule has 5 aromatic rings. The van der Waals surface area contributed by atoms with E-state index >= 15 is 0 Å². The van der Waals surface area contributed by atoms with Crippen LogP contribution in [0.3, 0.4) is 0 Å². The number of carbonyl (C=O) groups excluding carboxylic acids is 2. The fraction of sp³-hybridized carbons (Fsp3) is 0.298. The molecule has 4 aromatic carbocycles. The molecule has 0 aliphatic carbocycles. The number of pyridine rings is 1. The molecular formula is C47H57N10O4S2+. The Morgan fingerprint density at radius 3 is 1.94 bits per heavy atom. The first-order chi connectivity index (χ1) is 30.9. The number of rotatable bonds is 26. The molecule has 0 aliphatic heterocycles. The number of carbonyl (C=O) groups is 2. The minimum atomic E-state index is -0.133. The quantitative estimate of drug-likeness (QED) is 0.0121. The van der Waals surface area contributed by atoms with Gasteiger partial charge in [-0.2, -0.15) is 14.8 Å². The van der Waals surface area contributed by atoms with Crippen molar-refractivity contribution in [2.24, 2.45) is 20.5 Å². The lowest BCUT2D eigenvalue weighted by molar-refractivity contribution is -0.658. The number of hydrogen-bond acceptors (Lipinski definition) is 13. The van der Waals surface area contributed by atoms with Gasteiger partial charge in [0.25, 0.3) is 5.91 Å². The first-order valence-electron chi connectivity index (χ1n) is 21.0. The Hall–Kier alpha value is -6.07. The van der Waals surface area contributed by atoms with E-state index in [9.17, 15) is 19.8 Å². The van der Waals surface area contributed by atoms with E-state index in [1.807, 2.05) is 121 Å². The number of azo groups is 2. The zero-order valence-corrected chi connectivity index (χ0v) is 37.5. The van der Waals surface area contributed by atoms with Crippen molar-refractivity contribution in [2.45, 2.75) is 20.4 Å². The monoisotopic (exact) mass is 889 g/mol. The molecule has 1 aromatic heterocycles. The Labute approximate surface area is 377 Å². The molecule has 0 radical (unpaired) electrons. The van der Waals surface area contributed by atoms with Crippen molar-refractivity contribution in [1.82, 2.24) is 10.6 Å². The Morgan fingerprint density at radius 2 is 1.32 bits per heavy atom. The molecule has 0 aliphatic rings. The van der Waals surface area contributed by atoms with Gasteiger partial charge in [0.2, 0.25) is 18.0 Å². The van der Waals surface area contributed by atoms with Crippen molar-refractivity contribution in [3.8, 4) is 0 Å². The first kappa shape index (κ1) is 48.0. The molecule has 0 unspecified atom stereocenters. The van der Waals surface area contributed by atoms with E-state index in [4.69, 9.17) is 0 Å². The van der Waals surface area contributed by atoms with E-state index in [0.29, 0.717) is 49.0 Å². The third-order valence-corrected chi connectivity index (χ3v) is 12.1. The molecule has 0 saturated heterocycles. The normalized spacial score (nSPS) is 11.6. The van der Waals surface area contributed by atoms with Crippen molar-refractivity contribution < 1.29 is 24.4 Å². The van der Waals surface area contributed by atoms with Gasteiger partial charge in [0.15, 0.2) is 6.20 Å². The molecule has 5 N–H and O–H groups in total. The van der Waals surface area contributed by atoms with Crippen molar-refractivity contribution in [2.75, 3.05) is 85.6 Å². The standard InChI is InChI=1S/C47H56N10O4S2/c1-4-11-43(53-51-36-16-20-38(21-17-36)55(5-2)28-30-58)40-12-7-9-14-42(40)50-34-46(60)48-25-32-62-63-33-26-49-47(61)35-57-27-24-44(41-13-8-10-15-45(41)57)54-52-37-18-22-39(23-19-37)56(6-3)29-31-59/h4,7-24,27,50,58-59H,1,5-6,25-26,28-35H2,2-3H3,(H-,48,49,60,61)/p+1/b43-11+,53-51?. The minimum absolute atomic E-state index is 0.0844. The number of allylic oxidation sites excluding steroid dienone is 2. The number of fused-ring (bicyclic) bond motifs is 1. The van der Waals surface area contributed by atoms with E-state index in [0.717, 1.165) is 58.1 Å². The third-order valence-electron chi connectivity index (χ3n) is 9.71. The minimum Gasteiger partial charge on any atom is -0.395 e. The summed E-state index contributed by atoms with van der Waals surface area (Å²) in [4.78, 5) is 29.8. The molecule has 14 nitrogen and oxygen atoms in total. The number of amides is 2. The molecule has 5 rings (SSSR count). The molecule has 63 heavy (non-hydrogen) atoms. The van der Waals surface area contributed by atoms with E-state index in [-0.39, 0.29) is 38.1 Å². The highest BCUT2D eigenvalue weighted by Crippen LogP contribution is 2.29. The largest absolute Gasteiger partial charge is 0.395 e. The predicted molar refractivity (Wildman–Crippen MR) is 260 cm³/mol. The summed E-state index contributed by atoms with van der Waals surface area (Å²) >= 11 is 0. The van der Waals surface area contributed by atoms with E-state index < -0.39 is 0 Å². The van der Waals surface area contributed by atoms with Gasteiger partial charge in [-0.3, -0.25) is 9.59 Å². The average Bonchev–Trinajstić information content (AvgIpc) is 3.31. The van der Waals surface area contributed by atoms with Crippen LogP contribution >= 0.6 is 21.6 Å². The van der Waals surface area contributed by atoms with Crippen LogP contribution in [0.25, 0.3) is 16.6 Å². The Bertz CT molecular complexity index is 2320. The second-order valence-corrected chi connectivity index (χ2v) is 16.6. The van der Waals surface area contributed by atoms with Crippen LogP contribution < -0.4 is 30.3 Å². The van der Waals surface area contributed by atoms with Gasteiger partial charge in [0.1, 0.15) is 5.69 Å². The van der Waals surface area contributed by atoms with Gasteiger partial charge >= 0.3 is 0 Å². The summed E-state index contributed by atoms with van der Waals surface area (Å²) in [5, 5.41) is 46.7. The number of aliphatic hydroxyl groups excluding tert-OH is 2. The summed E-state index contributed by atoms with van der Waals surface area (Å²) in [5.41, 5.74) is 7.13. The van der Waals surface area contributed by atoms with Gasteiger partial charge in [-0.25, -0.2) is 0 Å². The van der Waals surface area contributed by atoms with Gasteiger partial charge in [0, 0.05) is 85.5 Å². The molecule has 0 spiro atoms. The predicted octanol–water partition coefficient (Wildman–Crippen LogP) is 8.22. The van der Waals surface area contributed by atoms with Crippen molar-refractivity contribution >= 4 is 84.1 Å². The second kappa shape index (κ2) is 26.4. The Morgan fingerprint density at radius 1 is 0.730 bits per heavy atom. The Kier molecular flexibility index (Phi) is 20.1. The zero-order valence-electron chi connectivity index (χ0n) is 35.9. The summed E-state index contributed by atoms with van der Waals surface area (Å²) in [7, 11) is 3.28. The molecule has 0 saturated carbocycles. The highest BCUT2D eigenvalue weighted by atomic mass is 33.1. The van der Waals surface area contributed by atoms with Crippen LogP contribution in [0.4, 0.5) is 34.1 Å². The zero-order chi connectivity index (χ0) is 44.7. The van der Waals surface area contributed by atoms with Crippen LogP contribution in [-0.2, 0) is 16.1 Å². The molecule has 330 valence electrons. The van der Waals surface area contributed by atoms with Crippen LogP contribution in [-0.4, -0.2) is 92.6 Å². The number of hydrogen-bond donors (Lipinski definition) is 5. The number of aliphatic hydroxyl groups is 2. The SMILES string of the molecule is C=C/C=C(/N=Nc1ccc(N(CC)CCO)cc1)c1ccccc1NCC(=O)NCCSSCCNC(=O)C[n+]1ccc(N=Nc2ccc(N(CC)CCO)cc2)c2ccccc21. The summed E-state index contributed by atoms with van der Waals surface area (Å²) in [6, 6.07) is 32.7. The maximum atomic E-state index is 12.9. The van der Waals surface area contributed by atoms with Crippen LogP contribution in [0.5, 0.6) is 0 Å². The molecule has 0 bridgehead atoms. The smallest absolute Gasteiger partial charge is 0.286 e. The van der Waals surface area contributed by atoms with E-state index in [1.165, 1.54) is 0 Å². The number of benzene rings is 4. The molecular weight excluding hydrogens is 833 g/mol. The van der Waals surface area contributed by atoms with Gasteiger partial charge in [0.05, 0.1) is 42.2 Å². The second-order valence-electron chi connectivity index (χ2n) is 13.9. The van der Waals surface area contributed by atoms with Crippen LogP contribution in [0, 0.1) is 0 Å². The average molecular weight is 890 g/mol. The molecule has 16 heteroatoms. The summed E-state index contributed by atoms with van der Waals surface area (Å²) in [6.07, 6.45) is 5.28. The first-order valence-corrected chi connectivity index (χ1v) is 23.5. The number of aromatic nitrogens is 1. The summed E-state index contributed by atoms with van der Waals surface area (Å²) in [6.45, 7) is 12.1. The summed E-state index contributed by atoms with van der Waals surface area (Å²) < 4.78 is 1.91. The van der Waals surface area contributed by atoms with Gasteiger partial charge in [-0.15, -0.1) is 10.2 Å². The number of anilines is 3. The van der Waals surface area contributed by atoms with Crippen LogP contribution in [0.2, 0.25) is 0 Å². The Balaban J connectivity index is 1.01. The number of nitrogens with zero attached hydrogens (tertiary/aromatic N) is 7. The molecule has 2 amide bonds. The lowest BCUT2D eigenvalue weighted by Gasteiger charge is -2.21. The number of likely N-dealkylation sites (N-methyl/N-ethyl adjacent to an activating group) is 2. The maximum absolute atomic E-state index is 12.9. The van der Waals surface area contributed by atoms with Crippen LogP contribution in [0.15, 0.2) is 149 Å². The fourth-order valence-corrected chi connectivity index (χ4v) is 8.35.